The van der Waals surface area contributed by atoms with E-state index in [2.05, 4.69) is 38.8 Å². The second kappa shape index (κ2) is 6.18. The summed E-state index contributed by atoms with van der Waals surface area (Å²) < 4.78 is 0.803. The number of benzene rings is 1. The minimum atomic E-state index is -0.409. The molecular formula is C14H15Br2NO2. The number of rotatable bonds is 5. The highest BCUT2D eigenvalue weighted by Crippen LogP contribution is 2.36. The molecule has 1 aromatic rings. The third-order valence-corrected chi connectivity index (χ3v) is 4.49. The van der Waals surface area contributed by atoms with Gasteiger partial charge in [0, 0.05) is 16.3 Å². The van der Waals surface area contributed by atoms with Crippen molar-refractivity contribution in [3.8, 4) is 0 Å². The van der Waals surface area contributed by atoms with Gasteiger partial charge in [-0.2, -0.15) is 0 Å². The lowest BCUT2D eigenvalue weighted by molar-refractivity contribution is -0.114. The first-order valence-electron chi connectivity index (χ1n) is 6.27. The van der Waals surface area contributed by atoms with E-state index in [0.717, 1.165) is 28.3 Å². The minimum absolute atomic E-state index is 0.399. The molecule has 1 aromatic carbocycles. The van der Waals surface area contributed by atoms with Crippen LogP contribution in [0.5, 0.6) is 0 Å². The van der Waals surface area contributed by atoms with Crippen molar-refractivity contribution < 1.29 is 9.59 Å². The van der Waals surface area contributed by atoms with Crippen molar-refractivity contribution in [2.24, 2.45) is 5.92 Å². The van der Waals surface area contributed by atoms with Gasteiger partial charge in [0.2, 0.25) is 0 Å². The highest BCUT2D eigenvalue weighted by atomic mass is 79.9. The summed E-state index contributed by atoms with van der Waals surface area (Å²) in [5.41, 5.74) is 1.23. The highest BCUT2D eigenvalue weighted by molar-refractivity contribution is 9.10. The number of amides is 1. The van der Waals surface area contributed by atoms with Crippen LogP contribution in [0.15, 0.2) is 22.7 Å². The maximum Gasteiger partial charge on any atom is 0.299 e. The van der Waals surface area contributed by atoms with Crippen LogP contribution in [0.4, 0.5) is 5.69 Å². The maximum atomic E-state index is 12.0. The van der Waals surface area contributed by atoms with E-state index in [1.54, 1.807) is 17.0 Å². The van der Waals surface area contributed by atoms with Gasteiger partial charge in [-0.3, -0.25) is 9.59 Å². The van der Waals surface area contributed by atoms with Gasteiger partial charge in [-0.1, -0.05) is 28.9 Å². The van der Waals surface area contributed by atoms with Crippen LogP contribution >= 0.6 is 31.9 Å². The van der Waals surface area contributed by atoms with Crippen molar-refractivity contribution in [3.63, 3.8) is 0 Å². The Bertz CT molecular complexity index is 516. The van der Waals surface area contributed by atoms with Crippen molar-refractivity contribution >= 4 is 49.2 Å². The summed E-state index contributed by atoms with van der Waals surface area (Å²) in [5.74, 6) is -0.286. The molecule has 0 spiro atoms. The fourth-order valence-corrected chi connectivity index (χ4v) is 3.57. The highest BCUT2D eigenvalue weighted by Gasteiger charge is 2.36. The van der Waals surface area contributed by atoms with Crippen LogP contribution in [0.25, 0.3) is 0 Å². The second-order valence-corrected chi connectivity index (χ2v) is 6.44. The molecule has 1 unspecified atom stereocenters. The predicted octanol–water partition coefficient (Wildman–Crippen LogP) is 3.79. The van der Waals surface area contributed by atoms with E-state index in [1.807, 2.05) is 6.07 Å². The zero-order chi connectivity index (χ0) is 14.0. The molecule has 2 rings (SSSR count). The van der Waals surface area contributed by atoms with Gasteiger partial charge < -0.3 is 4.90 Å². The van der Waals surface area contributed by atoms with E-state index in [9.17, 15) is 9.59 Å². The molecule has 3 nitrogen and oxygen atoms in total. The van der Waals surface area contributed by atoms with Gasteiger partial charge in [-0.15, -0.1) is 0 Å². The quantitative estimate of drug-likeness (QED) is 0.568. The monoisotopic (exact) mass is 387 g/mol. The Labute approximate surface area is 129 Å². The number of alkyl halides is 1. The van der Waals surface area contributed by atoms with Gasteiger partial charge in [0.1, 0.15) is 0 Å². The molecule has 0 fully saturated rings. The van der Waals surface area contributed by atoms with Crippen molar-refractivity contribution in [1.29, 1.82) is 0 Å². The molecule has 1 aliphatic rings. The van der Waals surface area contributed by atoms with Crippen molar-refractivity contribution in [2.75, 3.05) is 16.8 Å². The Morgan fingerprint density at radius 3 is 2.68 bits per heavy atom. The molecule has 19 heavy (non-hydrogen) atoms. The molecule has 5 heteroatoms. The van der Waals surface area contributed by atoms with Crippen molar-refractivity contribution in [3.05, 3.63) is 28.2 Å². The maximum absolute atomic E-state index is 12.0. The zero-order valence-electron chi connectivity index (χ0n) is 10.7. The largest absolute Gasteiger partial charge is 0.304 e. The summed E-state index contributed by atoms with van der Waals surface area (Å²) in [6, 6.07) is 5.35. The Morgan fingerprint density at radius 1 is 1.26 bits per heavy atom. The molecule has 0 saturated carbocycles. The van der Waals surface area contributed by atoms with E-state index >= 15 is 0 Å². The van der Waals surface area contributed by atoms with E-state index in [0.29, 0.717) is 18.0 Å². The number of para-hydroxylation sites is 1. The lowest BCUT2D eigenvalue weighted by Crippen LogP contribution is -2.31. The Kier molecular flexibility index (Phi) is 4.79. The average molecular weight is 389 g/mol. The third kappa shape index (κ3) is 2.92. The Hall–Kier alpha value is -0.680. The van der Waals surface area contributed by atoms with E-state index in [1.165, 1.54) is 0 Å². The van der Waals surface area contributed by atoms with Gasteiger partial charge in [-0.25, -0.2) is 0 Å². The molecule has 0 aliphatic carbocycles. The number of carbonyl (C=O) groups is 2. The van der Waals surface area contributed by atoms with Crippen LogP contribution in [-0.4, -0.2) is 23.6 Å². The van der Waals surface area contributed by atoms with Crippen LogP contribution in [-0.2, 0) is 4.79 Å². The first kappa shape index (κ1) is 14.7. The second-order valence-electron chi connectivity index (χ2n) is 4.79. The van der Waals surface area contributed by atoms with E-state index < -0.39 is 11.7 Å². The number of nitrogens with zero attached hydrogens (tertiary/aromatic N) is 1. The number of anilines is 1. The topological polar surface area (TPSA) is 37.4 Å². The molecule has 0 bridgehead atoms. The number of halogens is 2. The first-order valence-corrected chi connectivity index (χ1v) is 8.18. The molecule has 0 saturated heterocycles. The molecule has 1 aliphatic heterocycles. The molecular weight excluding hydrogens is 374 g/mol. The Balaban J connectivity index is 2.19. The summed E-state index contributed by atoms with van der Waals surface area (Å²) in [4.78, 5) is 25.5. The van der Waals surface area contributed by atoms with Crippen LogP contribution in [0.2, 0.25) is 0 Å². The third-order valence-electron chi connectivity index (χ3n) is 3.39. The summed E-state index contributed by atoms with van der Waals surface area (Å²) in [6.07, 6.45) is 1.96. The molecule has 0 aromatic heterocycles. The molecule has 1 heterocycles. The average Bonchev–Trinajstić information content (AvgIpc) is 2.62. The standard InChI is InChI=1S/C14H15Br2NO2/c1-9(5-7-15)6-8-17-12-10(13(18)14(17)19)3-2-4-11(12)16/h2-4,9H,5-8H2,1H3. The van der Waals surface area contributed by atoms with Crippen LogP contribution < -0.4 is 4.90 Å². The summed E-state index contributed by atoms with van der Waals surface area (Å²) >= 11 is 6.85. The number of carbonyl (C=O) groups excluding carboxylic acids is 2. The molecule has 0 N–H and O–H groups in total. The molecule has 1 atom stereocenters. The first-order chi connectivity index (χ1) is 9.06. The summed E-state index contributed by atoms with van der Waals surface area (Å²) in [7, 11) is 0. The van der Waals surface area contributed by atoms with Gasteiger partial charge in [-0.05, 0) is 46.8 Å². The van der Waals surface area contributed by atoms with Gasteiger partial charge in [0.15, 0.2) is 0 Å². The van der Waals surface area contributed by atoms with Crippen LogP contribution in [0.1, 0.15) is 30.1 Å². The number of fused-ring (bicyclic) bond motifs is 1. The predicted molar refractivity (Wildman–Crippen MR) is 83.0 cm³/mol. The number of hydrogen-bond acceptors (Lipinski definition) is 2. The molecule has 102 valence electrons. The smallest absolute Gasteiger partial charge is 0.299 e. The fourth-order valence-electron chi connectivity index (χ4n) is 2.21. The lowest BCUT2D eigenvalue weighted by atomic mass is 10.1. The Morgan fingerprint density at radius 2 is 2.00 bits per heavy atom. The van der Waals surface area contributed by atoms with E-state index in [4.69, 9.17) is 0 Å². The lowest BCUT2D eigenvalue weighted by Gasteiger charge is -2.19. The SMILES string of the molecule is CC(CCBr)CCN1C(=O)C(=O)c2cccc(Br)c21. The minimum Gasteiger partial charge on any atom is -0.304 e. The van der Waals surface area contributed by atoms with Gasteiger partial charge in [0.05, 0.1) is 11.3 Å². The number of Topliss-reactive ketones (excluding diaryl/α,β-unsaturated/α-hetero) is 1. The van der Waals surface area contributed by atoms with E-state index in [-0.39, 0.29) is 0 Å². The molecule has 1 amide bonds. The fraction of sp³-hybridized carbons (Fsp3) is 0.429. The van der Waals surface area contributed by atoms with Gasteiger partial charge >= 0.3 is 0 Å². The normalized spacial score (nSPS) is 15.8. The van der Waals surface area contributed by atoms with Crippen molar-refractivity contribution in [2.45, 2.75) is 19.8 Å². The van der Waals surface area contributed by atoms with Crippen LogP contribution in [0.3, 0.4) is 0 Å². The zero-order valence-corrected chi connectivity index (χ0v) is 13.8. The number of hydrogen-bond donors (Lipinski definition) is 0. The molecule has 0 radical (unpaired) electrons. The van der Waals surface area contributed by atoms with Gasteiger partial charge in [0.25, 0.3) is 11.7 Å². The number of ketones is 1. The van der Waals surface area contributed by atoms with Crippen molar-refractivity contribution in [1.82, 2.24) is 0 Å². The summed E-state index contributed by atoms with van der Waals surface area (Å²) in [5, 5.41) is 0.960. The van der Waals surface area contributed by atoms with Crippen LogP contribution in [0, 0.1) is 5.92 Å². The summed E-state index contributed by atoms with van der Waals surface area (Å²) in [6.45, 7) is 2.75.